The van der Waals surface area contributed by atoms with E-state index >= 15 is 0 Å². The third-order valence-corrected chi connectivity index (χ3v) is 16.1. The Balaban J connectivity index is 3.37. The van der Waals surface area contributed by atoms with Crippen LogP contribution in [0, 0.1) is 0 Å². The lowest BCUT2D eigenvalue weighted by Gasteiger charge is -2.15. The molecule has 440 valence electrons. The van der Waals surface area contributed by atoms with Crippen LogP contribution in [-0.4, -0.2) is 36.4 Å². The summed E-state index contributed by atoms with van der Waals surface area (Å²) < 4.78 is 10.8. The van der Waals surface area contributed by atoms with E-state index in [0.717, 1.165) is 32.1 Å². The highest BCUT2D eigenvalue weighted by atomic mass is 16.6. The average Bonchev–Trinajstić information content (AvgIpc) is 3.40. The average molecular weight is 1040 g/mol. The molecule has 0 radical (unpaired) electrons. The van der Waals surface area contributed by atoms with Gasteiger partial charge in [-0.05, 0) is 38.5 Å². The summed E-state index contributed by atoms with van der Waals surface area (Å²) in [5, 5.41) is 9.69. The molecule has 0 spiro atoms. The minimum absolute atomic E-state index is 0.0565. The van der Waals surface area contributed by atoms with E-state index in [1.165, 1.54) is 340 Å². The molecule has 0 amide bonds. The van der Waals surface area contributed by atoms with Crippen molar-refractivity contribution in [3.63, 3.8) is 0 Å². The second kappa shape index (κ2) is 65.9. The fourth-order valence-corrected chi connectivity index (χ4v) is 10.9. The van der Waals surface area contributed by atoms with E-state index in [-0.39, 0.29) is 25.2 Å². The second-order valence-electron chi connectivity index (χ2n) is 23.6. The van der Waals surface area contributed by atoms with Gasteiger partial charge in [0.25, 0.3) is 0 Å². The number of allylic oxidation sites excluding steroid dienone is 2. The zero-order valence-electron chi connectivity index (χ0n) is 50.7. The van der Waals surface area contributed by atoms with Crippen molar-refractivity contribution >= 4 is 11.9 Å². The number of carbonyl (C=O) groups is 2. The molecule has 0 aliphatic rings. The van der Waals surface area contributed by atoms with Crippen LogP contribution in [0.15, 0.2) is 12.2 Å². The second-order valence-corrected chi connectivity index (χ2v) is 23.6. The van der Waals surface area contributed by atoms with Crippen molar-refractivity contribution in [2.75, 3.05) is 13.2 Å². The van der Waals surface area contributed by atoms with Gasteiger partial charge in [-0.3, -0.25) is 9.59 Å². The van der Waals surface area contributed by atoms with Gasteiger partial charge in [0.15, 0.2) is 6.10 Å². The van der Waals surface area contributed by atoms with E-state index in [9.17, 15) is 14.7 Å². The minimum atomic E-state index is -0.767. The summed E-state index contributed by atoms with van der Waals surface area (Å²) >= 11 is 0. The maximum atomic E-state index is 12.4. The minimum Gasteiger partial charge on any atom is -0.462 e. The van der Waals surface area contributed by atoms with Crippen molar-refractivity contribution in [1.29, 1.82) is 0 Å². The molecule has 0 saturated heterocycles. The molecule has 0 fully saturated rings. The van der Waals surface area contributed by atoms with Crippen LogP contribution in [-0.2, 0) is 19.1 Å². The monoisotopic (exact) mass is 1040 g/mol. The molecule has 1 atom stereocenters. The van der Waals surface area contributed by atoms with Crippen molar-refractivity contribution in [3.8, 4) is 0 Å². The summed E-state index contributed by atoms with van der Waals surface area (Å²) in [6, 6.07) is 0. The molecule has 0 saturated carbocycles. The Labute approximate surface area is 464 Å². The van der Waals surface area contributed by atoms with Crippen molar-refractivity contribution < 1.29 is 24.2 Å². The van der Waals surface area contributed by atoms with E-state index < -0.39 is 6.10 Å². The molecule has 0 heterocycles. The maximum Gasteiger partial charge on any atom is 0.306 e. The highest BCUT2D eigenvalue weighted by Crippen LogP contribution is 2.19. The van der Waals surface area contributed by atoms with Gasteiger partial charge >= 0.3 is 11.9 Å². The Kier molecular flexibility index (Phi) is 64.7. The van der Waals surface area contributed by atoms with Gasteiger partial charge in [-0.15, -0.1) is 0 Å². The first-order valence-corrected chi connectivity index (χ1v) is 34.2. The number of carbonyl (C=O) groups excluding carboxylic acids is 2. The zero-order valence-corrected chi connectivity index (χ0v) is 50.7. The van der Waals surface area contributed by atoms with E-state index in [4.69, 9.17) is 9.47 Å². The van der Waals surface area contributed by atoms with Crippen LogP contribution in [0.4, 0.5) is 0 Å². The normalized spacial score (nSPS) is 12.1. The molecule has 5 heteroatoms. The van der Waals surface area contributed by atoms with Crippen LogP contribution in [0.2, 0.25) is 0 Å². The summed E-state index contributed by atoms with van der Waals surface area (Å²) in [7, 11) is 0. The van der Waals surface area contributed by atoms with Crippen molar-refractivity contribution in [2.45, 2.75) is 405 Å². The molecule has 0 rings (SSSR count). The van der Waals surface area contributed by atoms with Gasteiger partial charge in [-0.2, -0.15) is 0 Å². The number of aliphatic hydroxyl groups is 1. The summed E-state index contributed by atoms with van der Waals surface area (Å²) in [5.41, 5.74) is 0. The Hall–Kier alpha value is -1.36. The van der Waals surface area contributed by atoms with Crippen LogP contribution < -0.4 is 0 Å². The van der Waals surface area contributed by atoms with Crippen LogP contribution in [0.25, 0.3) is 0 Å². The smallest absolute Gasteiger partial charge is 0.306 e. The van der Waals surface area contributed by atoms with Crippen LogP contribution in [0.5, 0.6) is 0 Å². The van der Waals surface area contributed by atoms with Gasteiger partial charge in [0, 0.05) is 12.8 Å². The topological polar surface area (TPSA) is 72.8 Å². The van der Waals surface area contributed by atoms with Crippen LogP contribution >= 0.6 is 0 Å². The lowest BCUT2D eigenvalue weighted by atomic mass is 10.0. The number of hydrogen-bond donors (Lipinski definition) is 1. The van der Waals surface area contributed by atoms with E-state index in [2.05, 4.69) is 26.0 Å². The lowest BCUT2D eigenvalue weighted by Crippen LogP contribution is -2.28. The van der Waals surface area contributed by atoms with E-state index in [0.29, 0.717) is 12.8 Å². The van der Waals surface area contributed by atoms with Gasteiger partial charge in [0.1, 0.15) is 6.61 Å². The van der Waals surface area contributed by atoms with E-state index in [1.807, 2.05) is 0 Å². The molecule has 0 aromatic carbocycles. The molecule has 0 aromatic rings. The van der Waals surface area contributed by atoms with Gasteiger partial charge < -0.3 is 14.6 Å². The fourth-order valence-electron chi connectivity index (χ4n) is 10.9. The predicted molar refractivity (Wildman–Crippen MR) is 325 cm³/mol. The molecule has 0 aliphatic heterocycles. The zero-order chi connectivity index (χ0) is 53.4. The summed E-state index contributed by atoms with van der Waals surface area (Å²) in [5.74, 6) is -0.561. The predicted octanol–water partition coefficient (Wildman–Crippen LogP) is 23.4. The summed E-state index contributed by atoms with van der Waals surface area (Å²) in [6.45, 7) is 4.22. The highest BCUT2D eigenvalue weighted by Gasteiger charge is 2.16. The number of hydrogen-bond acceptors (Lipinski definition) is 5. The largest absolute Gasteiger partial charge is 0.462 e. The number of unbranched alkanes of at least 4 members (excludes halogenated alkanes) is 55. The first kappa shape index (κ1) is 72.6. The fraction of sp³-hybridized carbons (Fsp3) is 0.942. The number of ether oxygens (including phenoxy) is 2. The number of esters is 2. The lowest BCUT2D eigenvalue weighted by molar-refractivity contribution is -0.161. The van der Waals surface area contributed by atoms with Gasteiger partial charge in [-0.1, -0.05) is 360 Å². The standard InChI is InChI=1S/C69H134O5/c1-3-5-7-9-11-13-15-17-19-21-23-25-27-29-31-32-33-34-35-36-38-40-42-44-46-48-50-52-54-56-58-60-62-64-69(72)74-67(65-70)66-73-68(71)63-61-59-57-55-53-51-49-47-45-43-41-39-37-30-28-26-24-22-20-18-16-14-12-10-8-6-4-2/h21,23,67,70H,3-20,22,24-66H2,1-2H3/b23-21-. The quantitative estimate of drug-likeness (QED) is 0.0373. The molecule has 0 aliphatic carbocycles. The third-order valence-electron chi connectivity index (χ3n) is 16.1. The van der Waals surface area contributed by atoms with E-state index in [1.54, 1.807) is 0 Å². The number of aliphatic hydroxyl groups excluding tert-OH is 1. The summed E-state index contributed by atoms with van der Waals surface area (Å²) in [6.07, 6.45) is 83.9. The third kappa shape index (κ3) is 63.2. The molecule has 1 unspecified atom stereocenters. The van der Waals surface area contributed by atoms with Gasteiger partial charge in [-0.25, -0.2) is 0 Å². The van der Waals surface area contributed by atoms with Crippen LogP contribution in [0.1, 0.15) is 399 Å². The number of rotatable bonds is 65. The molecule has 0 bridgehead atoms. The molecular weight excluding hydrogens is 909 g/mol. The van der Waals surface area contributed by atoms with Crippen molar-refractivity contribution in [1.82, 2.24) is 0 Å². The van der Waals surface area contributed by atoms with Crippen LogP contribution in [0.3, 0.4) is 0 Å². The molecule has 5 nitrogen and oxygen atoms in total. The van der Waals surface area contributed by atoms with Crippen molar-refractivity contribution in [2.24, 2.45) is 0 Å². The first-order chi connectivity index (χ1) is 36.6. The Bertz CT molecular complexity index is 1090. The van der Waals surface area contributed by atoms with Crippen molar-refractivity contribution in [3.05, 3.63) is 12.2 Å². The maximum absolute atomic E-state index is 12.4. The Morgan fingerprint density at radius 2 is 0.500 bits per heavy atom. The highest BCUT2D eigenvalue weighted by molar-refractivity contribution is 5.70. The van der Waals surface area contributed by atoms with Gasteiger partial charge in [0.05, 0.1) is 6.61 Å². The molecular formula is C69H134O5. The summed E-state index contributed by atoms with van der Waals surface area (Å²) in [4.78, 5) is 24.6. The van der Waals surface area contributed by atoms with Gasteiger partial charge in [0.2, 0.25) is 0 Å². The molecule has 74 heavy (non-hydrogen) atoms. The molecule has 0 aromatic heterocycles. The molecule has 1 N–H and O–H groups in total. The SMILES string of the molecule is CCCCCCCCCC/C=C\CCCCCCCCCCCCCCCCCCCCCCCC(=O)OC(CO)COC(=O)CCCCCCCCCCCCCCCCCCCCCCCCCCCCC. The Morgan fingerprint density at radius 3 is 0.730 bits per heavy atom. The first-order valence-electron chi connectivity index (χ1n) is 34.2. The Morgan fingerprint density at radius 1 is 0.297 bits per heavy atom.